The molecule has 1 aliphatic rings. The molecule has 2 aromatic rings. The van der Waals surface area contributed by atoms with Gasteiger partial charge in [0.05, 0.1) is 11.4 Å². The maximum atomic E-state index is 12.4. The number of aromatic hydroxyl groups is 1. The summed E-state index contributed by atoms with van der Waals surface area (Å²) in [5, 5.41) is 9.18. The van der Waals surface area contributed by atoms with Crippen LogP contribution in [0.3, 0.4) is 0 Å². The predicted octanol–water partition coefficient (Wildman–Crippen LogP) is 3.63. The smallest absolute Gasteiger partial charge is 0.293 e. The van der Waals surface area contributed by atoms with Crippen LogP contribution in [0.5, 0.6) is 5.75 Å². The Morgan fingerprint density at radius 1 is 1.05 bits per heavy atom. The fourth-order valence-electron chi connectivity index (χ4n) is 2.17. The first-order chi connectivity index (χ1) is 10.6. The molecule has 0 saturated carbocycles. The standard InChI is InChI=1S/C17H13NO3S/c19-14-8-4-7-13(9-14)10-15-16(20)18(17(21)22-15)11-12-5-2-1-3-6-12/h1-10,19H,11H2/b15-10-. The van der Waals surface area contributed by atoms with Crippen molar-refractivity contribution in [3.8, 4) is 5.75 Å². The number of hydrogen-bond donors (Lipinski definition) is 1. The molecule has 1 N–H and O–H groups in total. The first-order valence-electron chi connectivity index (χ1n) is 6.72. The Hall–Kier alpha value is -2.53. The second-order valence-electron chi connectivity index (χ2n) is 4.85. The Morgan fingerprint density at radius 2 is 1.82 bits per heavy atom. The van der Waals surface area contributed by atoms with Gasteiger partial charge in [-0.05, 0) is 41.1 Å². The highest BCUT2D eigenvalue weighted by Crippen LogP contribution is 2.33. The van der Waals surface area contributed by atoms with Crippen LogP contribution in [-0.4, -0.2) is 21.2 Å². The number of nitrogens with zero attached hydrogens (tertiary/aromatic N) is 1. The number of hydrogen-bond acceptors (Lipinski definition) is 4. The zero-order valence-electron chi connectivity index (χ0n) is 11.6. The van der Waals surface area contributed by atoms with Crippen molar-refractivity contribution >= 4 is 29.0 Å². The van der Waals surface area contributed by atoms with E-state index in [2.05, 4.69) is 0 Å². The van der Waals surface area contributed by atoms with Crippen LogP contribution in [0.4, 0.5) is 4.79 Å². The van der Waals surface area contributed by atoms with Crippen LogP contribution >= 0.6 is 11.8 Å². The molecule has 4 nitrogen and oxygen atoms in total. The first kappa shape index (κ1) is 14.4. The Balaban J connectivity index is 1.82. The van der Waals surface area contributed by atoms with Crippen molar-refractivity contribution in [1.82, 2.24) is 4.90 Å². The minimum absolute atomic E-state index is 0.122. The monoisotopic (exact) mass is 311 g/mol. The van der Waals surface area contributed by atoms with Crippen LogP contribution < -0.4 is 0 Å². The van der Waals surface area contributed by atoms with E-state index in [1.165, 1.54) is 4.90 Å². The summed E-state index contributed by atoms with van der Waals surface area (Å²) in [5.74, 6) is -0.181. The van der Waals surface area contributed by atoms with Gasteiger partial charge in [0.1, 0.15) is 5.75 Å². The lowest BCUT2D eigenvalue weighted by Crippen LogP contribution is -2.27. The second-order valence-corrected chi connectivity index (χ2v) is 5.84. The van der Waals surface area contributed by atoms with E-state index in [1.54, 1.807) is 30.3 Å². The summed E-state index contributed by atoms with van der Waals surface area (Å²) in [4.78, 5) is 26.0. The van der Waals surface area contributed by atoms with Crippen molar-refractivity contribution < 1.29 is 14.7 Å². The quantitative estimate of drug-likeness (QED) is 0.879. The van der Waals surface area contributed by atoms with Gasteiger partial charge in [-0.1, -0.05) is 42.5 Å². The van der Waals surface area contributed by atoms with Crippen molar-refractivity contribution in [2.75, 3.05) is 0 Å². The number of phenolic OH excluding ortho intramolecular Hbond substituents is 1. The summed E-state index contributed by atoms with van der Waals surface area (Å²) in [6, 6.07) is 15.9. The molecule has 1 fully saturated rings. The van der Waals surface area contributed by atoms with Gasteiger partial charge in [-0.15, -0.1) is 0 Å². The van der Waals surface area contributed by atoms with Crippen LogP contribution in [0.15, 0.2) is 59.5 Å². The second kappa shape index (κ2) is 6.07. The van der Waals surface area contributed by atoms with Gasteiger partial charge >= 0.3 is 0 Å². The van der Waals surface area contributed by atoms with E-state index in [1.807, 2.05) is 30.3 Å². The van der Waals surface area contributed by atoms with Crippen LogP contribution in [0, 0.1) is 0 Å². The van der Waals surface area contributed by atoms with Gasteiger partial charge in [0, 0.05) is 0 Å². The first-order valence-corrected chi connectivity index (χ1v) is 7.53. The molecule has 1 aliphatic heterocycles. The van der Waals surface area contributed by atoms with Crippen LogP contribution in [0.25, 0.3) is 6.08 Å². The van der Waals surface area contributed by atoms with E-state index in [4.69, 9.17) is 0 Å². The SMILES string of the molecule is O=C1S/C(=C\c2cccc(O)c2)C(=O)N1Cc1ccccc1. The van der Waals surface area contributed by atoms with Crippen LogP contribution in [0.2, 0.25) is 0 Å². The molecule has 0 aromatic heterocycles. The molecule has 0 aliphatic carbocycles. The summed E-state index contributed by atoms with van der Waals surface area (Å²) in [5.41, 5.74) is 1.59. The van der Waals surface area contributed by atoms with Gasteiger partial charge < -0.3 is 5.11 Å². The van der Waals surface area contributed by atoms with Crippen LogP contribution in [0.1, 0.15) is 11.1 Å². The zero-order valence-corrected chi connectivity index (χ0v) is 12.4. The molecule has 3 rings (SSSR count). The van der Waals surface area contributed by atoms with Gasteiger partial charge in [0.2, 0.25) is 0 Å². The maximum absolute atomic E-state index is 12.4. The number of carbonyl (C=O) groups excluding carboxylic acids is 2. The summed E-state index contributed by atoms with van der Waals surface area (Å²) < 4.78 is 0. The maximum Gasteiger partial charge on any atom is 0.293 e. The van der Waals surface area contributed by atoms with Crippen LogP contribution in [-0.2, 0) is 11.3 Å². The molecule has 0 bridgehead atoms. The number of benzene rings is 2. The Kier molecular flexibility index (Phi) is 3.98. The molecular formula is C17H13NO3S. The molecule has 0 unspecified atom stereocenters. The number of rotatable bonds is 3. The summed E-state index contributed by atoms with van der Waals surface area (Å²) in [7, 11) is 0. The molecule has 110 valence electrons. The van der Waals surface area contributed by atoms with Crippen molar-refractivity contribution in [2.24, 2.45) is 0 Å². The van der Waals surface area contributed by atoms with E-state index < -0.39 is 0 Å². The highest BCUT2D eigenvalue weighted by atomic mass is 32.2. The van der Waals surface area contributed by atoms with Crippen molar-refractivity contribution in [3.05, 3.63) is 70.6 Å². The Labute approximate surface area is 132 Å². The topological polar surface area (TPSA) is 57.6 Å². The molecule has 5 heteroatoms. The van der Waals surface area contributed by atoms with E-state index in [0.717, 1.165) is 17.3 Å². The van der Waals surface area contributed by atoms with Crippen molar-refractivity contribution in [3.63, 3.8) is 0 Å². The minimum Gasteiger partial charge on any atom is -0.508 e. The molecule has 2 aromatic carbocycles. The summed E-state index contributed by atoms with van der Waals surface area (Å²) >= 11 is 0.919. The number of thioether (sulfide) groups is 1. The molecule has 0 radical (unpaired) electrons. The molecule has 22 heavy (non-hydrogen) atoms. The predicted molar refractivity (Wildman–Crippen MR) is 86.1 cm³/mol. The molecule has 1 saturated heterocycles. The minimum atomic E-state index is -0.304. The third-order valence-electron chi connectivity index (χ3n) is 3.23. The highest BCUT2D eigenvalue weighted by molar-refractivity contribution is 8.18. The molecule has 1 heterocycles. The highest BCUT2D eigenvalue weighted by Gasteiger charge is 2.34. The largest absolute Gasteiger partial charge is 0.508 e. The Bertz CT molecular complexity index is 756. The molecule has 2 amide bonds. The normalized spacial score (nSPS) is 16.5. The third kappa shape index (κ3) is 3.04. The van der Waals surface area contributed by atoms with E-state index in [-0.39, 0.29) is 23.4 Å². The molecule has 0 spiro atoms. The fraction of sp³-hybridized carbons (Fsp3) is 0.0588. The van der Waals surface area contributed by atoms with Crippen molar-refractivity contribution in [2.45, 2.75) is 6.54 Å². The van der Waals surface area contributed by atoms with E-state index in [0.29, 0.717) is 10.5 Å². The molecule has 0 atom stereocenters. The van der Waals surface area contributed by atoms with Gasteiger partial charge in [-0.2, -0.15) is 0 Å². The number of carbonyl (C=O) groups is 2. The Morgan fingerprint density at radius 3 is 2.55 bits per heavy atom. The average Bonchev–Trinajstić information content (AvgIpc) is 2.76. The van der Waals surface area contributed by atoms with Gasteiger partial charge in [-0.25, -0.2) is 0 Å². The third-order valence-corrected chi connectivity index (χ3v) is 4.13. The van der Waals surface area contributed by atoms with Crippen molar-refractivity contribution in [1.29, 1.82) is 0 Å². The van der Waals surface area contributed by atoms with E-state index in [9.17, 15) is 14.7 Å². The number of amides is 2. The zero-order chi connectivity index (χ0) is 15.5. The van der Waals surface area contributed by atoms with E-state index >= 15 is 0 Å². The molecular weight excluding hydrogens is 298 g/mol. The van der Waals surface area contributed by atoms with Gasteiger partial charge in [-0.3, -0.25) is 14.5 Å². The lowest BCUT2D eigenvalue weighted by molar-refractivity contribution is -0.123. The lowest BCUT2D eigenvalue weighted by atomic mass is 10.2. The fourth-order valence-corrected chi connectivity index (χ4v) is 3.01. The van der Waals surface area contributed by atoms with Gasteiger partial charge in [0.15, 0.2) is 0 Å². The van der Waals surface area contributed by atoms with Gasteiger partial charge in [0.25, 0.3) is 11.1 Å². The number of imide groups is 1. The summed E-state index contributed by atoms with van der Waals surface area (Å²) in [6.45, 7) is 0.267. The lowest BCUT2D eigenvalue weighted by Gasteiger charge is -2.12. The average molecular weight is 311 g/mol. The number of phenols is 1. The summed E-state index contributed by atoms with van der Waals surface area (Å²) in [6.07, 6.45) is 1.62.